The summed E-state index contributed by atoms with van der Waals surface area (Å²) in [5, 5.41) is 4.04. The van der Waals surface area contributed by atoms with Gasteiger partial charge in [0.05, 0.1) is 18.0 Å². The van der Waals surface area contributed by atoms with E-state index in [9.17, 15) is 9.59 Å². The van der Waals surface area contributed by atoms with E-state index >= 15 is 0 Å². The fourth-order valence-electron chi connectivity index (χ4n) is 1.62. The molecule has 1 aromatic heterocycles. The molecule has 0 spiro atoms. The lowest BCUT2D eigenvalue weighted by molar-refractivity contribution is 0.0510. The summed E-state index contributed by atoms with van der Waals surface area (Å²) in [6.07, 6.45) is -0.608. The lowest BCUT2D eigenvalue weighted by atomic mass is 10.2. The summed E-state index contributed by atoms with van der Waals surface area (Å²) in [5.41, 5.74) is 0.563. The van der Waals surface area contributed by atoms with E-state index in [1.54, 1.807) is 41.5 Å². The van der Waals surface area contributed by atoms with E-state index < -0.39 is 17.7 Å². The van der Waals surface area contributed by atoms with Crippen LogP contribution in [0.25, 0.3) is 0 Å². The molecule has 19 heavy (non-hydrogen) atoms. The van der Waals surface area contributed by atoms with Gasteiger partial charge in [0.25, 0.3) is 0 Å². The first kappa shape index (κ1) is 15.2. The van der Waals surface area contributed by atoms with Crippen molar-refractivity contribution in [3.63, 3.8) is 0 Å². The van der Waals surface area contributed by atoms with Crippen molar-refractivity contribution < 1.29 is 19.1 Å². The average molecular weight is 268 g/mol. The van der Waals surface area contributed by atoms with Gasteiger partial charge in [0, 0.05) is 0 Å². The highest BCUT2D eigenvalue weighted by atomic mass is 16.6. The highest BCUT2D eigenvalue weighted by Gasteiger charge is 2.25. The number of hydrogen-bond donors (Lipinski definition) is 0. The molecule has 1 aromatic rings. The third kappa shape index (κ3) is 3.56. The molecule has 0 bridgehead atoms. The van der Waals surface area contributed by atoms with Crippen molar-refractivity contribution in [2.24, 2.45) is 0 Å². The molecule has 0 atom stereocenters. The minimum absolute atomic E-state index is 0.273. The Morgan fingerprint density at radius 1 is 1.26 bits per heavy atom. The molecule has 106 valence electrons. The Labute approximate surface area is 112 Å². The van der Waals surface area contributed by atoms with Gasteiger partial charge in [-0.25, -0.2) is 9.59 Å². The summed E-state index contributed by atoms with van der Waals surface area (Å²) >= 11 is 0. The molecule has 6 heteroatoms. The van der Waals surface area contributed by atoms with Gasteiger partial charge in [0.15, 0.2) is 0 Å². The number of carbonyl (C=O) groups is 2. The van der Waals surface area contributed by atoms with Gasteiger partial charge in [-0.2, -0.15) is 9.78 Å². The van der Waals surface area contributed by atoms with Crippen LogP contribution in [-0.4, -0.2) is 34.1 Å². The molecule has 0 fully saturated rings. The third-order valence-electron chi connectivity index (χ3n) is 2.34. The minimum atomic E-state index is -0.618. The summed E-state index contributed by atoms with van der Waals surface area (Å²) in [7, 11) is 0. The Bertz CT molecular complexity index is 497. The third-order valence-corrected chi connectivity index (χ3v) is 2.34. The molecule has 0 saturated carbocycles. The number of aromatic nitrogens is 2. The fraction of sp³-hybridized carbons (Fsp3) is 0.615. The molecular formula is C13H20N2O4. The molecular weight excluding hydrogens is 248 g/mol. The van der Waals surface area contributed by atoms with Crippen molar-refractivity contribution in [1.82, 2.24) is 9.78 Å². The number of aryl methyl sites for hydroxylation is 1. The Kier molecular flexibility index (Phi) is 4.34. The topological polar surface area (TPSA) is 70.4 Å². The van der Waals surface area contributed by atoms with Gasteiger partial charge >= 0.3 is 12.1 Å². The van der Waals surface area contributed by atoms with Gasteiger partial charge in [0.1, 0.15) is 11.2 Å². The molecule has 0 aliphatic carbocycles. The van der Waals surface area contributed by atoms with Gasteiger partial charge in [-0.15, -0.1) is 0 Å². The second-order valence-electron chi connectivity index (χ2n) is 5.16. The maximum absolute atomic E-state index is 12.0. The Morgan fingerprint density at radius 3 is 2.32 bits per heavy atom. The predicted octanol–water partition coefficient (Wildman–Crippen LogP) is 2.46. The van der Waals surface area contributed by atoms with Crippen molar-refractivity contribution >= 4 is 12.1 Å². The standard InChI is InChI=1S/C13H20N2O4/c1-7-18-11(16)10-8(2)14-15(9(10)3)12(17)19-13(4,5)6/h7H2,1-6H3. The minimum Gasteiger partial charge on any atom is -0.462 e. The number of rotatable bonds is 2. The maximum atomic E-state index is 12.0. The van der Waals surface area contributed by atoms with E-state index in [4.69, 9.17) is 9.47 Å². The quantitative estimate of drug-likeness (QED) is 0.770. The van der Waals surface area contributed by atoms with Gasteiger partial charge < -0.3 is 9.47 Å². The van der Waals surface area contributed by atoms with Crippen LogP contribution in [0.1, 0.15) is 49.4 Å². The SMILES string of the molecule is CCOC(=O)c1c(C)nn(C(=O)OC(C)(C)C)c1C. The molecule has 0 unspecified atom stereocenters. The average Bonchev–Trinajstić information content (AvgIpc) is 2.52. The highest BCUT2D eigenvalue weighted by Crippen LogP contribution is 2.16. The Balaban J connectivity index is 3.09. The maximum Gasteiger partial charge on any atom is 0.435 e. The zero-order chi connectivity index (χ0) is 14.8. The molecule has 1 heterocycles. The first-order chi connectivity index (χ1) is 8.67. The van der Waals surface area contributed by atoms with Crippen LogP contribution in [0.3, 0.4) is 0 Å². The predicted molar refractivity (Wildman–Crippen MR) is 69.3 cm³/mol. The number of carbonyl (C=O) groups excluding carboxylic acids is 2. The summed E-state index contributed by atoms with van der Waals surface area (Å²) in [6, 6.07) is 0. The van der Waals surface area contributed by atoms with E-state index in [0.29, 0.717) is 17.0 Å². The van der Waals surface area contributed by atoms with Crippen LogP contribution in [0.2, 0.25) is 0 Å². The highest BCUT2D eigenvalue weighted by molar-refractivity contribution is 5.93. The van der Waals surface area contributed by atoms with Crippen LogP contribution in [0.4, 0.5) is 4.79 Å². The smallest absolute Gasteiger partial charge is 0.435 e. The van der Waals surface area contributed by atoms with Crippen LogP contribution in [0, 0.1) is 13.8 Å². The van der Waals surface area contributed by atoms with Gasteiger partial charge in [-0.05, 0) is 41.5 Å². The van der Waals surface area contributed by atoms with Crippen LogP contribution in [0.15, 0.2) is 0 Å². The summed E-state index contributed by atoms with van der Waals surface area (Å²) in [4.78, 5) is 23.7. The van der Waals surface area contributed by atoms with Crippen molar-refractivity contribution in [2.45, 2.75) is 47.1 Å². The molecule has 0 radical (unpaired) electrons. The van der Waals surface area contributed by atoms with Crippen molar-refractivity contribution in [1.29, 1.82) is 0 Å². The second kappa shape index (κ2) is 5.42. The van der Waals surface area contributed by atoms with Crippen LogP contribution >= 0.6 is 0 Å². The lowest BCUT2D eigenvalue weighted by Crippen LogP contribution is -2.28. The number of ether oxygens (including phenoxy) is 2. The van der Waals surface area contributed by atoms with Crippen molar-refractivity contribution in [3.05, 3.63) is 17.0 Å². The zero-order valence-corrected chi connectivity index (χ0v) is 12.2. The normalized spacial score (nSPS) is 11.3. The van der Waals surface area contributed by atoms with Gasteiger partial charge in [-0.1, -0.05) is 0 Å². The summed E-state index contributed by atoms with van der Waals surface area (Å²) in [5.74, 6) is -0.479. The largest absolute Gasteiger partial charge is 0.462 e. The zero-order valence-electron chi connectivity index (χ0n) is 12.2. The first-order valence-electron chi connectivity index (χ1n) is 6.14. The Hall–Kier alpha value is -1.85. The van der Waals surface area contributed by atoms with E-state index in [-0.39, 0.29) is 6.61 Å². The van der Waals surface area contributed by atoms with E-state index in [0.717, 1.165) is 4.68 Å². The molecule has 6 nitrogen and oxygen atoms in total. The first-order valence-corrected chi connectivity index (χ1v) is 6.14. The number of esters is 1. The monoisotopic (exact) mass is 268 g/mol. The number of hydrogen-bond acceptors (Lipinski definition) is 5. The molecule has 0 amide bonds. The number of nitrogens with zero attached hydrogens (tertiary/aromatic N) is 2. The van der Waals surface area contributed by atoms with Crippen LogP contribution in [0.5, 0.6) is 0 Å². The van der Waals surface area contributed by atoms with Crippen LogP contribution in [-0.2, 0) is 9.47 Å². The van der Waals surface area contributed by atoms with Crippen molar-refractivity contribution in [3.8, 4) is 0 Å². The summed E-state index contributed by atoms with van der Waals surface area (Å²) < 4.78 is 11.3. The van der Waals surface area contributed by atoms with E-state index in [2.05, 4.69) is 5.10 Å². The molecule has 0 aliphatic heterocycles. The molecule has 0 saturated heterocycles. The molecule has 0 aromatic carbocycles. The summed E-state index contributed by atoms with van der Waals surface area (Å²) in [6.45, 7) is 10.6. The molecule has 0 aliphatic rings. The molecule has 0 N–H and O–H groups in total. The van der Waals surface area contributed by atoms with Gasteiger partial charge in [0.2, 0.25) is 0 Å². The molecule has 1 rings (SSSR count). The fourth-order valence-corrected chi connectivity index (χ4v) is 1.62. The van der Waals surface area contributed by atoms with Gasteiger partial charge in [-0.3, -0.25) is 0 Å². The van der Waals surface area contributed by atoms with Crippen LogP contribution < -0.4 is 0 Å². The van der Waals surface area contributed by atoms with Crippen molar-refractivity contribution in [2.75, 3.05) is 6.61 Å². The Morgan fingerprint density at radius 2 is 1.84 bits per heavy atom. The second-order valence-corrected chi connectivity index (χ2v) is 5.16. The lowest BCUT2D eigenvalue weighted by Gasteiger charge is -2.19. The van der Waals surface area contributed by atoms with E-state index in [1.807, 2.05) is 0 Å². The van der Waals surface area contributed by atoms with E-state index in [1.165, 1.54) is 0 Å².